The number of hydrogen-bond acceptors (Lipinski definition) is 6. The van der Waals surface area contributed by atoms with Crippen molar-refractivity contribution in [1.82, 2.24) is 30.3 Å². The molecule has 1 saturated carbocycles. The van der Waals surface area contributed by atoms with Gasteiger partial charge in [-0.1, -0.05) is 0 Å². The number of morpholine rings is 1. The minimum Gasteiger partial charge on any atom is -0.379 e. The maximum atomic E-state index is 5.99. The van der Waals surface area contributed by atoms with E-state index in [0.717, 1.165) is 82.7 Å². The van der Waals surface area contributed by atoms with E-state index >= 15 is 0 Å². The first-order valence-electron chi connectivity index (χ1n) is 11.4. The Kier molecular flexibility index (Phi) is 11.5. The summed E-state index contributed by atoms with van der Waals surface area (Å²) in [6.07, 6.45) is 5.08. The normalized spacial score (nSPS) is 22.9. The van der Waals surface area contributed by atoms with Gasteiger partial charge in [0.05, 0.1) is 25.4 Å². The molecular formula is C21H40IN7O2. The molecule has 2 N–H and O–H groups in total. The summed E-state index contributed by atoms with van der Waals surface area (Å²) in [6, 6.07) is 0.424. The highest BCUT2D eigenvalue weighted by atomic mass is 127. The maximum absolute atomic E-state index is 5.99. The molecule has 31 heavy (non-hydrogen) atoms. The van der Waals surface area contributed by atoms with Crippen molar-refractivity contribution >= 4 is 29.9 Å². The van der Waals surface area contributed by atoms with Gasteiger partial charge < -0.3 is 24.7 Å². The molecule has 2 heterocycles. The monoisotopic (exact) mass is 549 g/mol. The number of aromatic nitrogens is 3. The second kappa shape index (κ2) is 13.5. The minimum atomic E-state index is 0. The Labute approximate surface area is 203 Å². The third kappa shape index (κ3) is 8.82. The molecule has 1 aliphatic heterocycles. The summed E-state index contributed by atoms with van der Waals surface area (Å²) in [5, 5.41) is 15.5. The molecule has 1 saturated heterocycles. The molecule has 178 valence electrons. The lowest BCUT2D eigenvalue weighted by Crippen LogP contribution is -2.48. The van der Waals surface area contributed by atoms with E-state index in [2.05, 4.69) is 39.6 Å². The standard InChI is InChI=1S/C21H39N7O2.HI/c1-16(2)30-19-7-5-18(6-8-19)24-21(22-9-10-28-11-13-29-14-12-28)23-15-20-26-25-17(3)27(20)4;/h16,18-19H,5-15H2,1-4H3,(H2,22,23,24);1H. The average Bonchev–Trinajstić information content (AvgIpc) is 3.06. The number of hydrogen-bond donors (Lipinski definition) is 2. The van der Waals surface area contributed by atoms with Gasteiger partial charge in [0.25, 0.3) is 0 Å². The molecule has 2 fully saturated rings. The zero-order chi connectivity index (χ0) is 21.3. The molecule has 2 aliphatic rings. The summed E-state index contributed by atoms with van der Waals surface area (Å²) >= 11 is 0. The summed E-state index contributed by atoms with van der Waals surface area (Å²) in [7, 11) is 1.98. The van der Waals surface area contributed by atoms with Crippen LogP contribution in [0.3, 0.4) is 0 Å². The van der Waals surface area contributed by atoms with Crippen molar-refractivity contribution in [3.63, 3.8) is 0 Å². The van der Waals surface area contributed by atoms with E-state index in [9.17, 15) is 0 Å². The zero-order valence-electron chi connectivity index (χ0n) is 19.5. The molecule has 9 nitrogen and oxygen atoms in total. The van der Waals surface area contributed by atoms with E-state index in [-0.39, 0.29) is 24.0 Å². The van der Waals surface area contributed by atoms with Crippen molar-refractivity contribution in [2.45, 2.75) is 71.2 Å². The van der Waals surface area contributed by atoms with E-state index < -0.39 is 0 Å². The fourth-order valence-corrected chi connectivity index (χ4v) is 3.97. The number of nitrogens with zero attached hydrogens (tertiary/aromatic N) is 5. The lowest BCUT2D eigenvalue weighted by molar-refractivity contribution is -0.0152. The molecule has 1 aromatic heterocycles. The Hall–Kier alpha value is -0.980. The van der Waals surface area contributed by atoms with Crippen LogP contribution in [0.4, 0.5) is 0 Å². The van der Waals surface area contributed by atoms with Crippen molar-refractivity contribution in [1.29, 1.82) is 0 Å². The van der Waals surface area contributed by atoms with E-state index in [4.69, 9.17) is 14.5 Å². The predicted molar refractivity (Wildman–Crippen MR) is 133 cm³/mol. The molecule has 10 heteroatoms. The Morgan fingerprint density at radius 3 is 2.52 bits per heavy atom. The Morgan fingerprint density at radius 1 is 1.19 bits per heavy atom. The van der Waals surface area contributed by atoms with Crippen LogP contribution in [0.15, 0.2) is 4.99 Å². The van der Waals surface area contributed by atoms with Gasteiger partial charge >= 0.3 is 0 Å². The van der Waals surface area contributed by atoms with Crippen LogP contribution in [0, 0.1) is 6.92 Å². The first-order chi connectivity index (χ1) is 14.5. The summed E-state index contributed by atoms with van der Waals surface area (Å²) in [5.41, 5.74) is 0. The summed E-state index contributed by atoms with van der Waals surface area (Å²) in [4.78, 5) is 7.23. The molecule has 0 radical (unpaired) electrons. The van der Waals surface area contributed by atoms with E-state index in [1.807, 2.05) is 18.5 Å². The molecule has 3 rings (SSSR count). The van der Waals surface area contributed by atoms with Crippen LogP contribution in [-0.2, 0) is 23.1 Å². The zero-order valence-corrected chi connectivity index (χ0v) is 21.8. The Morgan fingerprint density at radius 2 is 1.90 bits per heavy atom. The number of ether oxygens (including phenoxy) is 2. The molecule has 0 spiro atoms. The van der Waals surface area contributed by atoms with Gasteiger partial charge in [-0.15, -0.1) is 34.2 Å². The molecule has 0 atom stereocenters. The number of nitrogens with one attached hydrogen (secondary N) is 2. The fraction of sp³-hybridized carbons (Fsp3) is 0.857. The van der Waals surface area contributed by atoms with Gasteiger partial charge in [0.2, 0.25) is 0 Å². The first-order valence-corrected chi connectivity index (χ1v) is 11.4. The quantitative estimate of drug-likeness (QED) is 0.291. The number of aliphatic imine (C=N–C) groups is 1. The van der Waals surface area contributed by atoms with Crippen LogP contribution >= 0.6 is 24.0 Å². The van der Waals surface area contributed by atoms with E-state index in [1.165, 1.54) is 0 Å². The van der Waals surface area contributed by atoms with Crippen LogP contribution in [0.25, 0.3) is 0 Å². The average molecular weight is 550 g/mol. The highest BCUT2D eigenvalue weighted by molar-refractivity contribution is 14.0. The van der Waals surface area contributed by atoms with Gasteiger partial charge in [0.15, 0.2) is 11.8 Å². The van der Waals surface area contributed by atoms with Gasteiger partial charge in [0, 0.05) is 39.3 Å². The SMILES string of the molecule is Cc1nnc(CN=C(NCCN2CCOCC2)NC2CCC(OC(C)C)CC2)n1C.I. The molecular weight excluding hydrogens is 509 g/mol. The lowest BCUT2D eigenvalue weighted by atomic mass is 9.93. The molecule has 0 bridgehead atoms. The van der Waals surface area contributed by atoms with Crippen molar-refractivity contribution in [3.05, 3.63) is 11.6 Å². The number of aryl methyl sites for hydroxylation is 1. The second-order valence-electron chi connectivity index (χ2n) is 8.57. The second-order valence-corrected chi connectivity index (χ2v) is 8.57. The minimum absolute atomic E-state index is 0. The summed E-state index contributed by atoms with van der Waals surface area (Å²) in [6.45, 7) is 12.2. The largest absolute Gasteiger partial charge is 0.379 e. The number of halogens is 1. The van der Waals surface area contributed by atoms with E-state index in [1.54, 1.807) is 0 Å². The van der Waals surface area contributed by atoms with E-state index in [0.29, 0.717) is 24.8 Å². The number of guanidine groups is 1. The molecule has 0 aromatic carbocycles. The van der Waals surface area contributed by atoms with Crippen LogP contribution in [0.5, 0.6) is 0 Å². The van der Waals surface area contributed by atoms with Gasteiger partial charge in [-0.2, -0.15) is 0 Å². The van der Waals surface area contributed by atoms with Crippen molar-refractivity contribution < 1.29 is 9.47 Å². The maximum Gasteiger partial charge on any atom is 0.191 e. The van der Waals surface area contributed by atoms with Gasteiger partial charge in [-0.25, -0.2) is 4.99 Å². The van der Waals surface area contributed by atoms with Crippen LogP contribution < -0.4 is 10.6 Å². The molecule has 0 unspecified atom stereocenters. The Bertz CT molecular complexity index is 669. The smallest absolute Gasteiger partial charge is 0.191 e. The third-order valence-corrected chi connectivity index (χ3v) is 5.87. The van der Waals surface area contributed by atoms with Crippen LogP contribution in [-0.4, -0.2) is 83.3 Å². The highest BCUT2D eigenvalue weighted by Crippen LogP contribution is 2.22. The van der Waals surface area contributed by atoms with Gasteiger partial charge in [0.1, 0.15) is 12.4 Å². The van der Waals surface area contributed by atoms with Crippen molar-refractivity contribution in [2.24, 2.45) is 12.0 Å². The molecule has 1 aliphatic carbocycles. The third-order valence-electron chi connectivity index (χ3n) is 5.87. The molecule has 0 amide bonds. The lowest BCUT2D eigenvalue weighted by Gasteiger charge is -2.31. The van der Waals surface area contributed by atoms with Gasteiger partial charge in [-0.3, -0.25) is 4.90 Å². The molecule has 1 aromatic rings. The highest BCUT2D eigenvalue weighted by Gasteiger charge is 2.23. The van der Waals surface area contributed by atoms with Gasteiger partial charge in [-0.05, 0) is 46.5 Å². The first kappa shape index (κ1) is 26.3. The summed E-state index contributed by atoms with van der Waals surface area (Å²) < 4.78 is 13.4. The fourth-order valence-electron chi connectivity index (χ4n) is 3.97. The summed E-state index contributed by atoms with van der Waals surface area (Å²) in [5.74, 6) is 2.63. The topological polar surface area (TPSA) is 88.8 Å². The predicted octanol–water partition coefficient (Wildman–Crippen LogP) is 1.85. The van der Waals surface area contributed by atoms with Crippen LogP contribution in [0.1, 0.15) is 51.2 Å². The number of rotatable bonds is 8. The Balaban J connectivity index is 0.00000341. The van der Waals surface area contributed by atoms with Crippen molar-refractivity contribution in [2.75, 3.05) is 39.4 Å². The van der Waals surface area contributed by atoms with Crippen LogP contribution in [0.2, 0.25) is 0 Å². The van der Waals surface area contributed by atoms with Crippen molar-refractivity contribution in [3.8, 4) is 0 Å².